The number of nitrogens with one attached hydrogen (secondary N) is 1. The number of rotatable bonds is 4. The molecule has 0 bridgehead atoms. The van der Waals surface area contributed by atoms with E-state index in [0.29, 0.717) is 29.0 Å². The van der Waals surface area contributed by atoms with Crippen molar-refractivity contribution in [2.75, 3.05) is 10.8 Å². The number of fused-ring (bicyclic) bond motifs is 1. The van der Waals surface area contributed by atoms with Gasteiger partial charge >= 0.3 is 11.9 Å². The first-order valence-electron chi connectivity index (χ1n) is 9.92. The summed E-state index contributed by atoms with van der Waals surface area (Å²) < 4.78 is 57.8. The van der Waals surface area contributed by atoms with E-state index in [0.717, 1.165) is 22.9 Å². The number of benzene rings is 2. The van der Waals surface area contributed by atoms with Crippen LogP contribution in [0.1, 0.15) is 11.3 Å². The van der Waals surface area contributed by atoms with Crippen molar-refractivity contribution in [3.8, 4) is 22.5 Å². The molecule has 0 radical (unpaired) electrons. The zero-order valence-electron chi connectivity index (χ0n) is 17.1. The second kappa shape index (κ2) is 8.41. The van der Waals surface area contributed by atoms with Crippen molar-refractivity contribution in [1.82, 2.24) is 15.1 Å². The van der Waals surface area contributed by atoms with Gasteiger partial charge in [-0.1, -0.05) is 28.9 Å². The number of hydrogen-bond acceptors (Lipinski definition) is 5. The van der Waals surface area contributed by atoms with Crippen molar-refractivity contribution in [3.63, 3.8) is 0 Å². The van der Waals surface area contributed by atoms with Crippen LogP contribution in [0.4, 0.5) is 18.9 Å². The molecule has 2 aromatic heterocycles. The van der Waals surface area contributed by atoms with Gasteiger partial charge in [0.1, 0.15) is 5.69 Å². The van der Waals surface area contributed by atoms with Gasteiger partial charge in [-0.25, -0.2) is 9.00 Å². The second-order valence-corrected chi connectivity index (χ2v) is 9.28. The molecule has 1 aliphatic rings. The van der Waals surface area contributed by atoms with Crippen LogP contribution in [-0.2, 0) is 23.6 Å². The Labute approximate surface area is 197 Å². The Bertz CT molecular complexity index is 1470. The standard InChI is InChI=1S/C22H14ClF3N4O3S/c23-17-10-15(3-4-16(17)20-28-21(31)33-29-20)34(32)30-8-7-13-9-12(1-5-18(13)30)14-2-6-19(27-11-14)22(24,25)26/h1-6,9-11H,7-8H2,(H,28,29,31). The van der Waals surface area contributed by atoms with Gasteiger partial charge in [0.2, 0.25) is 0 Å². The van der Waals surface area contributed by atoms with Crippen LogP contribution >= 0.6 is 11.6 Å². The Morgan fingerprint density at radius 1 is 1.09 bits per heavy atom. The lowest BCUT2D eigenvalue weighted by Crippen LogP contribution is -2.23. The van der Waals surface area contributed by atoms with Crippen LogP contribution in [0.25, 0.3) is 22.5 Å². The van der Waals surface area contributed by atoms with Crippen LogP contribution in [0.5, 0.6) is 0 Å². The molecule has 174 valence electrons. The Morgan fingerprint density at radius 2 is 1.88 bits per heavy atom. The number of hydrogen-bond donors (Lipinski definition) is 1. The van der Waals surface area contributed by atoms with E-state index >= 15 is 0 Å². The highest BCUT2D eigenvalue weighted by Gasteiger charge is 2.32. The average Bonchev–Trinajstić information content (AvgIpc) is 3.43. The van der Waals surface area contributed by atoms with E-state index in [1.807, 2.05) is 6.07 Å². The van der Waals surface area contributed by atoms with Crippen LogP contribution in [0.15, 0.2) is 68.9 Å². The molecular weight excluding hydrogens is 493 g/mol. The molecule has 5 rings (SSSR count). The normalized spacial score (nSPS) is 14.3. The van der Waals surface area contributed by atoms with Crippen LogP contribution in [0, 0.1) is 0 Å². The molecule has 1 aliphatic heterocycles. The molecule has 0 saturated carbocycles. The highest BCUT2D eigenvalue weighted by atomic mass is 35.5. The molecule has 3 heterocycles. The lowest BCUT2D eigenvalue weighted by molar-refractivity contribution is -0.141. The van der Waals surface area contributed by atoms with Crippen molar-refractivity contribution < 1.29 is 21.9 Å². The van der Waals surface area contributed by atoms with Gasteiger partial charge in [-0.3, -0.25) is 18.8 Å². The molecule has 0 spiro atoms. The maximum absolute atomic E-state index is 13.3. The topological polar surface area (TPSA) is 92.1 Å². The zero-order valence-corrected chi connectivity index (χ0v) is 18.7. The number of halogens is 4. The highest BCUT2D eigenvalue weighted by molar-refractivity contribution is 7.86. The predicted octanol–water partition coefficient (Wildman–Crippen LogP) is 4.85. The van der Waals surface area contributed by atoms with Crippen molar-refractivity contribution >= 4 is 28.3 Å². The van der Waals surface area contributed by atoms with Crippen molar-refractivity contribution in [3.05, 3.63) is 81.6 Å². The predicted molar refractivity (Wildman–Crippen MR) is 120 cm³/mol. The molecular formula is C22H14ClF3N4O3S. The number of aromatic amines is 1. The Hall–Kier alpha value is -3.44. The molecule has 34 heavy (non-hydrogen) atoms. The molecule has 1 unspecified atom stereocenters. The summed E-state index contributed by atoms with van der Waals surface area (Å²) in [5.41, 5.74) is 2.46. The summed E-state index contributed by atoms with van der Waals surface area (Å²) in [5.74, 6) is -0.539. The molecule has 4 aromatic rings. The van der Waals surface area contributed by atoms with E-state index in [2.05, 4.69) is 19.6 Å². The summed E-state index contributed by atoms with van der Waals surface area (Å²) in [5, 5.41) is 3.85. The van der Waals surface area contributed by atoms with Gasteiger partial charge in [0.05, 0.1) is 15.6 Å². The van der Waals surface area contributed by atoms with Gasteiger partial charge in [0.15, 0.2) is 16.8 Å². The molecule has 1 N–H and O–H groups in total. The average molecular weight is 507 g/mol. The third kappa shape index (κ3) is 4.12. The first-order valence-corrected chi connectivity index (χ1v) is 11.4. The van der Waals surface area contributed by atoms with Crippen molar-refractivity contribution in [2.24, 2.45) is 0 Å². The van der Waals surface area contributed by atoms with Crippen molar-refractivity contribution in [2.45, 2.75) is 17.5 Å². The fourth-order valence-corrected chi connectivity index (χ4v) is 5.33. The van der Waals surface area contributed by atoms with E-state index in [4.69, 9.17) is 11.6 Å². The number of anilines is 1. The summed E-state index contributed by atoms with van der Waals surface area (Å²) in [6.45, 7) is 0.493. The number of pyridine rings is 1. The molecule has 0 saturated heterocycles. The Kier molecular flexibility index (Phi) is 5.53. The SMILES string of the molecule is O=c1[nH]c(-c2ccc(S(=O)N3CCc4cc(-c5ccc(C(F)(F)F)nc5)ccc43)cc2Cl)no1. The molecule has 0 aliphatic carbocycles. The monoisotopic (exact) mass is 506 g/mol. The maximum Gasteiger partial charge on any atom is 0.439 e. The maximum atomic E-state index is 13.3. The number of aromatic nitrogens is 3. The van der Waals surface area contributed by atoms with Crippen LogP contribution in [0.2, 0.25) is 5.02 Å². The molecule has 0 fully saturated rings. The minimum atomic E-state index is -4.49. The number of H-pyrrole nitrogens is 1. The van der Waals surface area contributed by atoms with E-state index in [1.165, 1.54) is 12.3 Å². The molecule has 7 nitrogen and oxygen atoms in total. The molecule has 1 atom stereocenters. The summed E-state index contributed by atoms with van der Waals surface area (Å²) in [4.78, 5) is 17.6. The first kappa shape index (κ1) is 22.4. The van der Waals surface area contributed by atoms with Crippen molar-refractivity contribution in [1.29, 1.82) is 0 Å². The summed E-state index contributed by atoms with van der Waals surface area (Å²) in [6, 6.07) is 12.5. The van der Waals surface area contributed by atoms with Gasteiger partial charge in [-0.2, -0.15) is 13.2 Å². The van der Waals surface area contributed by atoms with Crippen LogP contribution in [-0.4, -0.2) is 25.9 Å². The van der Waals surface area contributed by atoms with Crippen LogP contribution in [0.3, 0.4) is 0 Å². The van der Waals surface area contributed by atoms with Gasteiger partial charge in [-0.15, -0.1) is 0 Å². The minimum absolute atomic E-state index is 0.170. The van der Waals surface area contributed by atoms with Gasteiger partial charge in [-0.05, 0) is 53.9 Å². The zero-order chi connectivity index (χ0) is 24.0. The van der Waals surface area contributed by atoms with Gasteiger partial charge < -0.3 is 0 Å². The fourth-order valence-electron chi connectivity index (χ4n) is 3.73. The van der Waals surface area contributed by atoms with Crippen LogP contribution < -0.4 is 10.1 Å². The van der Waals surface area contributed by atoms with Gasteiger partial charge in [0.25, 0.3) is 0 Å². The quantitative estimate of drug-likeness (QED) is 0.427. The lowest BCUT2D eigenvalue weighted by atomic mass is 10.0. The summed E-state index contributed by atoms with van der Waals surface area (Å²) >= 11 is 6.32. The lowest BCUT2D eigenvalue weighted by Gasteiger charge is -2.19. The summed E-state index contributed by atoms with van der Waals surface area (Å²) in [6.07, 6.45) is -2.68. The third-order valence-electron chi connectivity index (χ3n) is 5.36. The molecule has 0 amide bonds. The van der Waals surface area contributed by atoms with E-state index < -0.39 is 28.6 Å². The van der Waals surface area contributed by atoms with Gasteiger partial charge in [0, 0.05) is 23.9 Å². The first-order chi connectivity index (χ1) is 16.2. The third-order valence-corrected chi connectivity index (χ3v) is 7.11. The smallest absolute Gasteiger partial charge is 0.296 e. The van der Waals surface area contributed by atoms with E-state index in [1.54, 1.807) is 34.6 Å². The largest absolute Gasteiger partial charge is 0.439 e. The molecule has 12 heteroatoms. The second-order valence-electron chi connectivity index (χ2n) is 7.46. The summed E-state index contributed by atoms with van der Waals surface area (Å²) in [7, 11) is -1.56. The van der Waals surface area contributed by atoms with E-state index in [-0.39, 0.29) is 10.8 Å². The number of nitrogens with zero attached hydrogens (tertiary/aromatic N) is 3. The minimum Gasteiger partial charge on any atom is -0.296 e. The Morgan fingerprint density at radius 3 is 2.53 bits per heavy atom. The van der Waals surface area contributed by atoms with E-state index in [9.17, 15) is 22.2 Å². The highest BCUT2D eigenvalue weighted by Crippen LogP contribution is 2.36. The molecule has 2 aromatic carbocycles. The Balaban J connectivity index is 1.39. The number of alkyl halides is 3. The fraction of sp³-hybridized carbons (Fsp3) is 0.136.